The first-order valence-corrected chi connectivity index (χ1v) is 6.13. The van der Waals surface area contributed by atoms with Gasteiger partial charge in [-0.05, 0) is 23.8 Å². The number of fused-ring (bicyclic) bond motifs is 1. The molecule has 0 N–H and O–H groups in total. The van der Waals surface area contributed by atoms with Crippen LogP contribution in [-0.2, 0) is 0 Å². The minimum Gasteiger partial charge on any atom is -0.872 e. The van der Waals surface area contributed by atoms with Gasteiger partial charge in [0.2, 0.25) is 0 Å². The van der Waals surface area contributed by atoms with Crippen molar-refractivity contribution in [3.63, 3.8) is 0 Å². The summed E-state index contributed by atoms with van der Waals surface area (Å²) in [5.41, 5.74) is 2.49. The van der Waals surface area contributed by atoms with E-state index in [2.05, 4.69) is 4.98 Å². The average molecular weight is 285 g/mol. The molecule has 0 fully saturated rings. The van der Waals surface area contributed by atoms with Gasteiger partial charge in [0, 0.05) is 5.39 Å². The van der Waals surface area contributed by atoms with Crippen LogP contribution < -0.4 is 56.5 Å². The Labute approximate surface area is 160 Å². The Balaban J connectivity index is 0.00000147. The Morgan fingerprint density at radius 2 is 1.55 bits per heavy atom. The summed E-state index contributed by atoms with van der Waals surface area (Å²) in [5, 5.41) is 12.7. The summed E-state index contributed by atoms with van der Waals surface area (Å²) in [5.74, 6) is 0.0274. The molecule has 3 heteroatoms. The van der Waals surface area contributed by atoms with Crippen LogP contribution in [0.2, 0.25) is 0 Å². The molecule has 1 aromatic heterocycles. The van der Waals surface area contributed by atoms with Crippen LogP contribution in [0.5, 0.6) is 5.75 Å². The number of benzene rings is 2. The van der Waals surface area contributed by atoms with E-state index in [4.69, 9.17) is 0 Å². The molecule has 0 saturated heterocycles. The number of aromatic nitrogens is 1. The van der Waals surface area contributed by atoms with Crippen LogP contribution in [0.15, 0.2) is 60.7 Å². The molecule has 0 radical (unpaired) electrons. The van der Waals surface area contributed by atoms with Gasteiger partial charge < -0.3 is 5.11 Å². The first-order valence-electron chi connectivity index (χ1n) is 6.13. The van der Waals surface area contributed by atoms with Crippen molar-refractivity contribution in [1.82, 2.24) is 4.98 Å². The molecule has 0 saturated carbocycles. The van der Waals surface area contributed by atoms with Crippen molar-refractivity contribution in [3.8, 4) is 5.75 Å². The first kappa shape index (κ1) is 15.4. The second-order valence-electron chi connectivity index (χ2n) is 4.30. The van der Waals surface area contributed by atoms with E-state index in [0.717, 1.165) is 16.6 Å². The molecule has 0 spiro atoms. The van der Waals surface area contributed by atoms with Crippen molar-refractivity contribution in [2.75, 3.05) is 0 Å². The molecule has 2 nitrogen and oxygen atoms in total. The van der Waals surface area contributed by atoms with Gasteiger partial charge in [-0.1, -0.05) is 54.6 Å². The Morgan fingerprint density at radius 1 is 0.800 bits per heavy atom. The number of hydrogen-bond acceptors (Lipinski definition) is 2. The number of para-hydroxylation sites is 2. The minimum absolute atomic E-state index is 0. The molecule has 0 bridgehead atoms. The Kier molecular flexibility index (Phi) is 5.51. The van der Waals surface area contributed by atoms with Gasteiger partial charge in [0.15, 0.2) is 0 Å². The third-order valence-electron chi connectivity index (χ3n) is 2.97. The quantitative estimate of drug-likeness (QED) is 0.642. The van der Waals surface area contributed by atoms with Crippen molar-refractivity contribution < 1.29 is 56.5 Å². The number of rotatable bonds is 2. The molecule has 0 aliphatic rings. The van der Waals surface area contributed by atoms with Crippen LogP contribution in [0.1, 0.15) is 11.3 Å². The molecular weight excluding hydrogens is 273 g/mol. The maximum Gasteiger partial charge on any atom is 1.00 e. The van der Waals surface area contributed by atoms with Gasteiger partial charge in [-0.15, -0.1) is 5.75 Å². The van der Waals surface area contributed by atoms with Crippen LogP contribution in [0, 0.1) is 0 Å². The van der Waals surface area contributed by atoms with E-state index < -0.39 is 0 Å². The van der Waals surface area contributed by atoms with E-state index in [-0.39, 0.29) is 57.1 Å². The number of pyridine rings is 1. The molecule has 0 unspecified atom stereocenters. The zero-order valence-corrected chi connectivity index (χ0v) is 14.4. The van der Waals surface area contributed by atoms with Crippen molar-refractivity contribution in [2.45, 2.75) is 0 Å². The van der Waals surface area contributed by atoms with Crippen LogP contribution in [0.25, 0.3) is 23.1 Å². The van der Waals surface area contributed by atoms with Gasteiger partial charge in [-0.2, -0.15) is 0 Å². The van der Waals surface area contributed by atoms with Gasteiger partial charge in [-0.3, -0.25) is 0 Å². The molecule has 20 heavy (non-hydrogen) atoms. The van der Waals surface area contributed by atoms with Crippen LogP contribution >= 0.6 is 0 Å². The monoisotopic (exact) mass is 285 g/mol. The maximum atomic E-state index is 11.6. The molecule has 2 aromatic carbocycles. The van der Waals surface area contributed by atoms with Gasteiger partial charge in [0.25, 0.3) is 0 Å². The van der Waals surface area contributed by atoms with Crippen molar-refractivity contribution in [1.29, 1.82) is 0 Å². The normalized spacial score (nSPS) is 10.6. The molecule has 0 amide bonds. The fraction of sp³-hybridized carbons (Fsp3) is 0. The predicted octanol–water partition coefficient (Wildman–Crippen LogP) is 0.483. The molecule has 0 aliphatic heterocycles. The molecule has 1 heterocycles. The third-order valence-corrected chi connectivity index (χ3v) is 2.97. The molecule has 0 aliphatic carbocycles. The van der Waals surface area contributed by atoms with E-state index in [9.17, 15) is 5.11 Å². The maximum absolute atomic E-state index is 11.6. The smallest absolute Gasteiger partial charge is 0.872 e. The minimum atomic E-state index is 0. The summed E-state index contributed by atoms with van der Waals surface area (Å²) < 4.78 is 0. The van der Waals surface area contributed by atoms with Gasteiger partial charge in [-0.25, -0.2) is 4.98 Å². The van der Waals surface area contributed by atoms with Crippen molar-refractivity contribution in [2.24, 2.45) is 0 Å². The molecule has 3 rings (SSSR count). The van der Waals surface area contributed by atoms with E-state index in [1.165, 1.54) is 0 Å². The largest absolute Gasteiger partial charge is 1.00 e. The standard InChI is InChI=1S/C17H13NO.K/c19-17-8-4-2-6-14(17)10-12-15-11-9-13-5-1-3-7-16(13)18-15;/h1-12,19H;/q;+1/p-1/b12-10+;. The molecule has 0 atom stereocenters. The predicted molar refractivity (Wildman–Crippen MR) is 76.6 cm³/mol. The van der Waals surface area contributed by atoms with E-state index in [1.54, 1.807) is 24.3 Å². The summed E-state index contributed by atoms with van der Waals surface area (Å²) >= 11 is 0. The second kappa shape index (κ2) is 7.15. The number of hydrogen-bond donors (Lipinski definition) is 0. The molecular formula is C17H12KNO. The Bertz CT molecular complexity index is 753. The van der Waals surface area contributed by atoms with E-state index in [1.807, 2.05) is 48.5 Å². The van der Waals surface area contributed by atoms with Gasteiger partial charge >= 0.3 is 51.4 Å². The molecule has 92 valence electrons. The fourth-order valence-corrected chi connectivity index (χ4v) is 1.97. The SMILES string of the molecule is [K+].[O-]c1ccccc1/C=C/c1ccc2ccccc2n1. The average Bonchev–Trinajstić information content (AvgIpc) is 2.46. The number of nitrogens with zero attached hydrogens (tertiary/aromatic N) is 1. The van der Waals surface area contributed by atoms with Crippen LogP contribution in [-0.4, -0.2) is 4.98 Å². The summed E-state index contributed by atoms with van der Waals surface area (Å²) in [6.45, 7) is 0. The van der Waals surface area contributed by atoms with Gasteiger partial charge in [0.1, 0.15) is 0 Å². The topological polar surface area (TPSA) is 36.0 Å². The summed E-state index contributed by atoms with van der Waals surface area (Å²) in [6, 6.07) is 18.9. The Morgan fingerprint density at radius 3 is 2.40 bits per heavy atom. The zero-order chi connectivity index (χ0) is 13.1. The van der Waals surface area contributed by atoms with Crippen molar-refractivity contribution >= 4 is 23.1 Å². The molecule has 3 aromatic rings. The summed E-state index contributed by atoms with van der Waals surface area (Å²) in [4.78, 5) is 4.53. The summed E-state index contributed by atoms with van der Waals surface area (Å²) in [7, 11) is 0. The van der Waals surface area contributed by atoms with Gasteiger partial charge in [0.05, 0.1) is 11.2 Å². The third kappa shape index (κ3) is 3.56. The first-order chi connectivity index (χ1) is 9.33. The second-order valence-corrected chi connectivity index (χ2v) is 4.30. The van der Waals surface area contributed by atoms with E-state index >= 15 is 0 Å². The zero-order valence-electron chi connectivity index (χ0n) is 11.3. The van der Waals surface area contributed by atoms with Crippen LogP contribution in [0.3, 0.4) is 0 Å². The van der Waals surface area contributed by atoms with E-state index in [0.29, 0.717) is 5.56 Å². The summed E-state index contributed by atoms with van der Waals surface area (Å²) in [6.07, 6.45) is 3.67. The van der Waals surface area contributed by atoms with Crippen LogP contribution in [0.4, 0.5) is 0 Å². The Hall–Kier alpha value is -0.974. The fourth-order valence-electron chi connectivity index (χ4n) is 1.97. The van der Waals surface area contributed by atoms with Crippen molar-refractivity contribution in [3.05, 3.63) is 71.9 Å².